The molecule has 0 radical (unpaired) electrons. The molecule has 0 bridgehead atoms. The van der Waals surface area contributed by atoms with E-state index in [0.29, 0.717) is 6.42 Å². The normalized spacial score (nSPS) is 11.5. The highest BCUT2D eigenvalue weighted by atomic mass is 79.9. The van der Waals surface area contributed by atoms with Crippen LogP contribution in [0.4, 0.5) is 0 Å². The van der Waals surface area contributed by atoms with Crippen molar-refractivity contribution in [2.24, 2.45) is 0 Å². The molecule has 2 N–H and O–H groups in total. The number of aliphatic hydroxyl groups excluding tert-OH is 1. The van der Waals surface area contributed by atoms with Crippen LogP contribution >= 0.6 is 15.9 Å². The fraction of sp³-hybridized carbons (Fsp3) is 0.200. The van der Waals surface area contributed by atoms with Crippen molar-refractivity contribution >= 4 is 26.0 Å². The van der Waals surface area contributed by atoms with E-state index in [1.807, 2.05) is 24.3 Å². The van der Waals surface area contributed by atoms with Gasteiger partial charge in [0.25, 0.3) is 0 Å². The number of hydrogen-bond donors (Lipinski definition) is 2. The molecule has 6 heteroatoms. The first-order valence-corrected chi connectivity index (χ1v) is 8.73. The number of aliphatic hydroxyl groups is 1. The molecule has 0 fully saturated rings. The predicted molar refractivity (Wildman–Crippen MR) is 85.4 cm³/mol. The van der Waals surface area contributed by atoms with Crippen LogP contribution in [0.15, 0.2) is 57.9 Å². The van der Waals surface area contributed by atoms with Crippen molar-refractivity contribution in [2.45, 2.75) is 17.9 Å². The number of benzene rings is 2. The highest BCUT2D eigenvalue weighted by molar-refractivity contribution is 9.10. The topological polar surface area (TPSA) is 66.4 Å². The Labute approximate surface area is 133 Å². The van der Waals surface area contributed by atoms with E-state index >= 15 is 0 Å². The second-order valence-corrected chi connectivity index (χ2v) is 7.25. The molecular weight excluding hydrogens is 354 g/mol. The zero-order chi connectivity index (χ0) is 15.3. The van der Waals surface area contributed by atoms with Gasteiger partial charge in [0.15, 0.2) is 0 Å². The molecule has 0 aromatic heterocycles. The van der Waals surface area contributed by atoms with Gasteiger partial charge in [-0.25, -0.2) is 13.1 Å². The van der Waals surface area contributed by atoms with Gasteiger partial charge in [-0.2, -0.15) is 0 Å². The predicted octanol–water partition coefficient (Wildman–Crippen LogP) is 2.46. The van der Waals surface area contributed by atoms with E-state index in [0.717, 1.165) is 15.6 Å². The molecule has 2 aromatic rings. The van der Waals surface area contributed by atoms with E-state index in [1.54, 1.807) is 24.3 Å². The summed E-state index contributed by atoms with van der Waals surface area (Å²) in [6.07, 6.45) is 0.520. The number of hydrogen-bond acceptors (Lipinski definition) is 3. The number of sulfonamides is 1. The zero-order valence-electron chi connectivity index (χ0n) is 11.3. The fourth-order valence-electron chi connectivity index (χ4n) is 1.83. The van der Waals surface area contributed by atoms with Crippen molar-refractivity contribution in [1.82, 2.24) is 4.72 Å². The molecule has 0 aliphatic heterocycles. The van der Waals surface area contributed by atoms with E-state index < -0.39 is 10.0 Å². The summed E-state index contributed by atoms with van der Waals surface area (Å²) in [7, 11) is -3.52. The average molecular weight is 370 g/mol. The van der Waals surface area contributed by atoms with Gasteiger partial charge in [0.1, 0.15) is 0 Å². The first kappa shape index (κ1) is 16.2. The van der Waals surface area contributed by atoms with Gasteiger partial charge in [-0.3, -0.25) is 0 Å². The molecule has 112 valence electrons. The largest absolute Gasteiger partial charge is 0.396 e. The second kappa shape index (κ2) is 7.17. The van der Waals surface area contributed by atoms with Crippen LogP contribution in [0.2, 0.25) is 0 Å². The summed E-state index contributed by atoms with van der Waals surface area (Å²) >= 11 is 3.34. The molecule has 0 aliphatic rings. The zero-order valence-corrected chi connectivity index (χ0v) is 13.7. The molecule has 0 spiro atoms. The van der Waals surface area contributed by atoms with Crippen LogP contribution in [0.25, 0.3) is 0 Å². The molecule has 0 amide bonds. The van der Waals surface area contributed by atoms with E-state index in [-0.39, 0.29) is 18.0 Å². The standard InChI is InChI=1S/C15H16BrNO3S/c16-14-5-1-13(2-6-14)11-17-21(19,20)15-7-3-12(4-8-15)9-10-18/h1-8,17-18H,9-11H2. The lowest BCUT2D eigenvalue weighted by atomic mass is 10.2. The maximum absolute atomic E-state index is 12.2. The molecule has 2 aromatic carbocycles. The van der Waals surface area contributed by atoms with Crippen LogP contribution in [0.5, 0.6) is 0 Å². The smallest absolute Gasteiger partial charge is 0.240 e. The number of rotatable bonds is 6. The Bertz CT molecular complexity index is 682. The summed E-state index contributed by atoms with van der Waals surface area (Å²) in [6.45, 7) is 0.294. The summed E-state index contributed by atoms with van der Waals surface area (Å²) in [6, 6.07) is 14.0. The van der Waals surface area contributed by atoms with E-state index in [2.05, 4.69) is 20.7 Å². The lowest BCUT2D eigenvalue weighted by molar-refractivity contribution is 0.299. The van der Waals surface area contributed by atoms with Gasteiger partial charge in [0.2, 0.25) is 10.0 Å². The SMILES string of the molecule is O=S(=O)(NCc1ccc(Br)cc1)c1ccc(CCO)cc1. The average Bonchev–Trinajstić information content (AvgIpc) is 2.48. The van der Waals surface area contributed by atoms with E-state index in [4.69, 9.17) is 5.11 Å². The summed E-state index contributed by atoms with van der Waals surface area (Å²) in [5, 5.41) is 8.84. The Balaban J connectivity index is 2.05. The second-order valence-electron chi connectivity index (χ2n) is 4.57. The lowest BCUT2D eigenvalue weighted by Gasteiger charge is -2.08. The lowest BCUT2D eigenvalue weighted by Crippen LogP contribution is -2.23. The van der Waals surface area contributed by atoms with Crippen molar-refractivity contribution in [3.8, 4) is 0 Å². The van der Waals surface area contributed by atoms with Crippen LogP contribution < -0.4 is 4.72 Å². The van der Waals surface area contributed by atoms with Gasteiger partial charge in [-0.1, -0.05) is 40.2 Å². The van der Waals surface area contributed by atoms with Crippen LogP contribution in [0.3, 0.4) is 0 Å². The molecular formula is C15H16BrNO3S. The van der Waals surface area contributed by atoms with Gasteiger partial charge in [0, 0.05) is 17.6 Å². The van der Waals surface area contributed by atoms with Crippen LogP contribution in [0.1, 0.15) is 11.1 Å². The Kier molecular flexibility index (Phi) is 5.52. The molecule has 21 heavy (non-hydrogen) atoms. The third-order valence-electron chi connectivity index (χ3n) is 3.01. The van der Waals surface area contributed by atoms with Gasteiger partial charge < -0.3 is 5.11 Å². The van der Waals surface area contributed by atoms with Crippen molar-refractivity contribution in [3.05, 3.63) is 64.1 Å². The van der Waals surface area contributed by atoms with Gasteiger partial charge in [-0.15, -0.1) is 0 Å². The minimum absolute atomic E-state index is 0.0495. The van der Waals surface area contributed by atoms with E-state index in [1.165, 1.54) is 0 Å². The minimum Gasteiger partial charge on any atom is -0.396 e. The molecule has 0 saturated heterocycles. The van der Waals surface area contributed by atoms with Gasteiger partial charge in [-0.05, 0) is 41.8 Å². The maximum Gasteiger partial charge on any atom is 0.240 e. The number of halogens is 1. The summed E-state index contributed by atoms with van der Waals surface area (Å²) in [4.78, 5) is 0.223. The van der Waals surface area contributed by atoms with Crippen molar-refractivity contribution in [1.29, 1.82) is 0 Å². The highest BCUT2D eigenvalue weighted by Gasteiger charge is 2.13. The molecule has 0 atom stereocenters. The third-order valence-corrected chi connectivity index (χ3v) is 4.96. The number of nitrogens with one attached hydrogen (secondary N) is 1. The Morgan fingerprint density at radius 1 is 0.952 bits per heavy atom. The third kappa shape index (κ3) is 4.64. The van der Waals surface area contributed by atoms with Crippen LogP contribution in [-0.4, -0.2) is 20.1 Å². The summed E-state index contributed by atoms with van der Waals surface area (Å²) in [5.74, 6) is 0. The molecule has 0 saturated carbocycles. The van der Waals surface area contributed by atoms with Crippen molar-refractivity contribution in [3.63, 3.8) is 0 Å². The molecule has 0 heterocycles. The first-order chi connectivity index (χ1) is 10.0. The van der Waals surface area contributed by atoms with Crippen molar-refractivity contribution in [2.75, 3.05) is 6.61 Å². The molecule has 4 nitrogen and oxygen atoms in total. The Hall–Kier alpha value is -1.21. The first-order valence-electron chi connectivity index (χ1n) is 6.45. The van der Waals surface area contributed by atoms with E-state index in [9.17, 15) is 8.42 Å². The van der Waals surface area contributed by atoms with Crippen LogP contribution in [-0.2, 0) is 23.0 Å². The minimum atomic E-state index is -3.52. The monoisotopic (exact) mass is 369 g/mol. The summed E-state index contributed by atoms with van der Waals surface area (Å²) in [5.41, 5.74) is 1.79. The van der Waals surface area contributed by atoms with Crippen molar-refractivity contribution < 1.29 is 13.5 Å². The fourth-order valence-corrected chi connectivity index (χ4v) is 3.11. The summed E-state index contributed by atoms with van der Waals surface area (Å²) < 4.78 is 27.9. The van der Waals surface area contributed by atoms with Gasteiger partial charge >= 0.3 is 0 Å². The highest BCUT2D eigenvalue weighted by Crippen LogP contribution is 2.13. The van der Waals surface area contributed by atoms with Crippen LogP contribution in [0, 0.1) is 0 Å². The Morgan fingerprint density at radius 2 is 1.52 bits per heavy atom. The maximum atomic E-state index is 12.2. The quantitative estimate of drug-likeness (QED) is 0.821. The molecule has 0 aliphatic carbocycles. The molecule has 2 rings (SSSR count). The Morgan fingerprint density at radius 3 is 2.10 bits per heavy atom. The molecule has 0 unspecified atom stereocenters. The van der Waals surface area contributed by atoms with Gasteiger partial charge in [0.05, 0.1) is 4.90 Å².